The Morgan fingerprint density at radius 3 is 1.30 bits per heavy atom. The highest BCUT2D eigenvalue weighted by Crippen LogP contribution is 2.23. The average Bonchev–Trinajstić information content (AvgIpc) is 3.40. The Bertz CT molecular complexity index is 1570. The van der Waals surface area contributed by atoms with Gasteiger partial charge in [0, 0.05) is 6.42 Å². The van der Waals surface area contributed by atoms with Gasteiger partial charge in [0.2, 0.25) is 5.91 Å². The van der Waals surface area contributed by atoms with Crippen LogP contribution in [0.15, 0.2) is 122 Å². The summed E-state index contributed by atoms with van der Waals surface area (Å²) >= 11 is 0. The second-order valence-corrected chi connectivity index (χ2v) is 20.0. The topological polar surface area (TPSA) is 149 Å². The van der Waals surface area contributed by atoms with Crippen molar-refractivity contribution >= 4 is 5.91 Å². The highest BCUT2D eigenvalue weighted by atomic mass is 16.7. The van der Waals surface area contributed by atoms with Crippen LogP contribution in [-0.4, -0.2) is 87.5 Å². The normalized spacial score (nSPS) is 19.9. The summed E-state index contributed by atoms with van der Waals surface area (Å²) in [6, 6.07) is -0.830. The Balaban J connectivity index is 2.16. The molecule has 9 nitrogen and oxygen atoms in total. The smallest absolute Gasteiger partial charge is 0.220 e. The number of ether oxygens (including phenoxy) is 2. The van der Waals surface area contributed by atoms with E-state index >= 15 is 0 Å². The molecule has 1 rings (SSSR count). The van der Waals surface area contributed by atoms with Crippen LogP contribution in [0.5, 0.6) is 0 Å². The standard InChI is InChI=1S/C65H109NO8/c1-3-5-7-9-11-13-15-17-19-20-21-22-23-24-25-26-27-28-29-30-31-32-33-34-35-36-37-38-39-40-41-43-45-47-49-51-53-55-61(69)66-58(57-73-65-64(72)63(71)62(70)60(56-67)74-65)59(68)54-52-50-48-46-44-42-18-16-14-12-10-8-6-4-2/h5,7,11,13,17,19,21-22,24-25,27-28,30-31,33-34,44,46,52,54,58-60,62-65,67-68,70-72H,3-4,6,8-10,12,14-16,18,20,23,26,29,32,35-43,45,47-51,53,55-57H2,1-2H3,(H,66,69)/b7-5-,13-11-,19-17-,22-21-,25-24-,28-27-,31-30-,34-33-,46-44+,54-52+. The molecule has 6 N–H and O–H groups in total. The van der Waals surface area contributed by atoms with E-state index < -0.39 is 49.5 Å². The molecule has 1 amide bonds. The molecule has 0 radical (unpaired) electrons. The number of hydrogen-bond donors (Lipinski definition) is 6. The summed E-state index contributed by atoms with van der Waals surface area (Å²) < 4.78 is 11.2. The highest BCUT2D eigenvalue weighted by molar-refractivity contribution is 5.76. The van der Waals surface area contributed by atoms with E-state index in [1.54, 1.807) is 6.08 Å². The maximum absolute atomic E-state index is 13.0. The van der Waals surface area contributed by atoms with E-state index in [0.717, 1.165) is 89.9 Å². The number of carbonyl (C=O) groups excluding carboxylic acids is 1. The predicted molar refractivity (Wildman–Crippen MR) is 313 cm³/mol. The van der Waals surface area contributed by atoms with Crippen molar-refractivity contribution in [1.82, 2.24) is 5.32 Å². The Kier molecular flexibility index (Phi) is 49.1. The zero-order valence-electron chi connectivity index (χ0n) is 46.8. The molecule has 1 aliphatic rings. The van der Waals surface area contributed by atoms with Crippen LogP contribution in [-0.2, 0) is 14.3 Å². The van der Waals surface area contributed by atoms with Crippen LogP contribution < -0.4 is 5.32 Å². The van der Waals surface area contributed by atoms with Crippen LogP contribution in [0.2, 0.25) is 0 Å². The molecule has 0 saturated carbocycles. The van der Waals surface area contributed by atoms with E-state index in [0.29, 0.717) is 6.42 Å². The molecule has 1 saturated heterocycles. The van der Waals surface area contributed by atoms with Crippen molar-refractivity contribution in [3.8, 4) is 0 Å². The van der Waals surface area contributed by atoms with Gasteiger partial charge in [0.15, 0.2) is 6.29 Å². The van der Waals surface area contributed by atoms with Crippen molar-refractivity contribution in [2.45, 2.75) is 269 Å². The van der Waals surface area contributed by atoms with Gasteiger partial charge in [0.05, 0.1) is 25.4 Å². The van der Waals surface area contributed by atoms with Crippen molar-refractivity contribution in [3.05, 3.63) is 122 Å². The largest absolute Gasteiger partial charge is 0.394 e. The molecule has 9 heteroatoms. The van der Waals surface area contributed by atoms with Gasteiger partial charge in [0.1, 0.15) is 24.4 Å². The van der Waals surface area contributed by atoms with E-state index in [2.05, 4.69) is 129 Å². The highest BCUT2D eigenvalue weighted by Gasteiger charge is 2.44. The van der Waals surface area contributed by atoms with E-state index in [4.69, 9.17) is 9.47 Å². The molecule has 1 fully saturated rings. The third kappa shape index (κ3) is 41.8. The second kappa shape index (κ2) is 53.0. The molecular formula is C65H109NO8. The van der Waals surface area contributed by atoms with Gasteiger partial charge in [-0.1, -0.05) is 245 Å². The molecule has 0 bridgehead atoms. The lowest BCUT2D eigenvalue weighted by Crippen LogP contribution is -2.60. The van der Waals surface area contributed by atoms with Gasteiger partial charge in [-0.3, -0.25) is 4.79 Å². The monoisotopic (exact) mass is 1030 g/mol. The molecule has 0 aromatic heterocycles. The molecule has 0 aliphatic carbocycles. The SMILES string of the molecule is CC/C=C\C/C=C\C/C=C\C/C=C\C/C=C\C/C=C\C/C=C\C/C=C\CCCCCCCCCCCCCCC(=O)NC(COC1OC(CO)C(O)C(O)C1O)C(O)/C=C/CC/C=C/CCCCCCCCCC. The van der Waals surface area contributed by atoms with Gasteiger partial charge in [-0.15, -0.1) is 0 Å². The summed E-state index contributed by atoms with van der Waals surface area (Å²) in [5, 5.41) is 54.4. The first-order valence-corrected chi connectivity index (χ1v) is 29.8. The quantitative estimate of drug-likeness (QED) is 0.0261. The van der Waals surface area contributed by atoms with Gasteiger partial charge >= 0.3 is 0 Å². The third-order valence-electron chi connectivity index (χ3n) is 13.3. The van der Waals surface area contributed by atoms with E-state index in [1.807, 2.05) is 6.08 Å². The summed E-state index contributed by atoms with van der Waals surface area (Å²) in [6.07, 6.45) is 72.7. The molecule has 0 spiro atoms. The lowest BCUT2D eigenvalue weighted by Gasteiger charge is -2.40. The fourth-order valence-corrected chi connectivity index (χ4v) is 8.60. The third-order valence-corrected chi connectivity index (χ3v) is 13.3. The molecule has 74 heavy (non-hydrogen) atoms. The Hall–Kier alpha value is -3.41. The fraction of sp³-hybridized carbons (Fsp3) is 0.677. The van der Waals surface area contributed by atoms with Crippen LogP contribution in [0, 0.1) is 0 Å². The van der Waals surface area contributed by atoms with Crippen LogP contribution in [0.4, 0.5) is 0 Å². The fourth-order valence-electron chi connectivity index (χ4n) is 8.60. The second-order valence-electron chi connectivity index (χ2n) is 20.0. The van der Waals surface area contributed by atoms with Gasteiger partial charge in [-0.25, -0.2) is 0 Å². The minimum atomic E-state index is -1.58. The maximum atomic E-state index is 13.0. The maximum Gasteiger partial charge on any atom is 0.220 e. The number of unbranched alkanes of at least 4 members (excludes halogenated alkanes) is 21. The molecular weight excluding hydrogens is 923 g/mol. The van der Waals surface area contributed by atoms with Crippen molar-refractivity contribution in [1.29, 1.82) is 0 Å². The van der Waals surface area contributed by atoms with Gasteiger partial charge in [0.25, 0.3) is 0 Å². The first kappa shape index (κ1) is 68.6. The zero-order chi connectivity index (χ0) is 53.6. The predicted octanol–water partition coefficient (Wildman–Crippen LogP) is 15.1. The molecule has 0 aromatic carbocycles. The Morgan fingerprint density at radius 1 is 0.473 bits per heavy atom. The van der Waals surface area contributed by atoms with Crippen molar-refractivity contribution in [2.75, 3.05) is 13.2 Å². The molecule has 0 aromatic rings. The van der Waals surface area contributed by atoms with Gasteiger partial charge in [-0.2, -0.15) is 0 Å². The van der Waals surface area contributed by atoms with Crippen molar-refractivity contribution in [3.63, 3.8) is 0 Å². The molecule has 7 unspecified atom stereocenters. The number of aliphatic hydroxyl groups is 5. The summed E-state index contributed by atoms with van der Waals surface area (Å²) in [7, 11) is 0. The first-order valence-electron chi connectivity index (χ1n) is 29.8. The number of amides is 1. The van der Waals surface area contributed by atoms with Crippen molar-refractivity contribution < 1.29 is 39.8 Å². The van der Waals surface area contributed by atoms with Crippen LogP contribution >= 0.6 is 0 Å². The van der Waals surface area contributed by atoms with E-state index in [1.165, 1.54) is 116 Å². The molecule has 422 valence electrons. The molecule has 1 aliphatic heterocycles. The van der Waals surface area contributed by atoms with Crippen molar-refractivity contribution in [2.24, 2.45) is 0 Å². The lowest BCUT2D eigenvalue weighted by atomic mass is 9.99. The number of carbonyl (C=O) groups is 1. The summed E-state index contributed by atoms with van der Waals surface area (Å²) in [5.74, 6) is -0.194. The number of nitrogens with one attached hydrogen (secondary N) is 1. The summed E-state index contributed by atoms with van der Waals surface area (Å²) in [6.45, 7) is 3.63. The lowest BCUT2D eigenvalue weighted by molar-refractivity contribution is -0.302. The van der Waals surface area contributed by atoms with E-state index in [-0.39, 0.29) is 12.5 Å². The minimum absolute atomic E-state index is 0.194. The molecule has 7 atom stereocenters. The van der Waals surface area contributed by atoms with Gasteiger partial charge < -0.3 is 40.3 Å². The Morgan fingerprint density at radius 2 is 0.851 bits per heavy atom. The number of hydrogen-bond acceptors (Lipinski definition) is 8. The van der Waals surface area contributed by atoms with Gasteiger partial charge in [-0.05, 0) is 96.3 Å². The average molecular weight is 1030 g/mol. The number of allylic oxidation sites excluding steroid dienone is 19. The van der Waals surface area contributed by atoms with Crippen LogP contribution in [0.1, 0.15) is 226 Å². The van der Waals surface area contributed by atoms with Crippen LogP contribution in [0.3, 0.4) is 0 Å². The van der Waals surface area contributed by atoms with Crippen LogP contribution in [0.25, 0.3) is 0 Å². The number of aliphatic hydroxyl groups excluding tert-OH is 5. The minimum Gasteiger partial charge on any atom is -0.394 e. The first-order chi connectivity index (χ1) is 36.3. The summed E-state index contributed by atoms with van der Waals surface area (Å²) in [4.78, 5) is 13.0. The van der Waals surface area contributed by atoms with E-state index in [9.17, 15) is 30.3 Å². The zero-order valence-corrected chi connectivity index (χ0v) is 46.8. The molecule has 1 heterocycles. The Labute approximate surface area is 452 Å². The summed E-state index contributed by atoms with van der Waals surface area (Å²) in [5.41, 5.74) is 0. The number of rotatable bonds is 49.